The average Bonchev–Trinajstić information content (AvgIpc) is 2.29. The van der Waals surface area contributed by atoms with Crippen LogP contribution in [0.15, 0.2) is 0 Å². The van der Waals surface area contributed by atoms with Gasteiger partial charge in [0.2, 0.25) is 0 Å². The summed E-state index contributed by atoms with van der Waals surface area (Å²) in [6, 6.07) is 0.759. The minimum Gasteiger partial charge on any atom is -0.312 e. The Hall–Kier alpha value is 0.310. The molecule has 2 heteroatoms. The van der Waals surface area contributed by atoms with E-state index in [1.165, 1.54) is 12.2 Å². The molecule has 0 radical (unpaired) electrons. The zero-order valence-electron chi connectivity index (χ0n) is 8.68. The number of thioether (sulfide) groups is 1. The zero-order valence-corrected chi connectivity index (χ0v) is 9.50. The molecule has 1 fully saturated rings. The Bertz CT molecular complexity index is 139. The van der Waals surface area contributed by atoms with Crippen LogP contribution in [-0.2, 0) is 0 Å². The van der Waals surface area contributed by atoms with E-state index in [0.29, 0.717) is 5.41 Å². The Morgan fingerprint density at radius 2 is 2.08 bits per heavy atom. The molecule has 0 aliphatic carbocycles. The lowest BCUT2D eigenvalue weighted by atomic mass is 9.96. The molecule has 1 heterocycles. The van der Waals surface area contributed by atoms with Gasteiger partial charge in [-0.2, -0.15) is 11.8 Å². The van der Waals surface area contributed by atoms with Gasteiger partial charge in [0, 0.05) is 17.8 Å². The Morgan fingerprint density at radius 1 is 1.42 bits per heavy atom. The minimum absolute atomic E-state index is 0.424. The van der Waals surface area contributed by atoms with Crippen LogP contribution < -0.4 is 5.32 Å². The van der Waals surface area contributed by atoms with E-state index in [2.05, 4.69) is 44.8 Å². The molecule has 1 rings (SSSR count). The Kier molecular flexibility index (Phi) is 3.47. The summed E-state index contributed by atoms with van der Waals surface area (Å²) in [7, 11) is 0. The second-order valence-corrected chi connectivity index (χ2v) is 6.40. The first-order valence-corrected chi connectivity index (χ1v) is 5.89. The fourth-order valence-electron chi connectivity index (χ4n) is 1.44. The van der Waals surface area contributed by atoms with Crippen LogP contribution in [0.3, 0.4) is 0 Å². The van der Waals surface area contributed by atoms with E-state index in [1.54, 1.807) is 0 Å². The third-order valence-electron chi connectivity index (χ3n) is 2.27. The first-order chi connectivity index (χ1) is 5.49. The van der Waals surface area contributed by atoms with E-state index < -0.39 is 0 Å². The number of hydrogen-bond donors (Lipinski definition) is 1. The first kappa shape index (κ1) is 10.4. The lowest BCUT2D eigenvalue weighted by Crippen LogP contribution is -2.38. The topological polar surface area (TPSA) is 12.0 Å². The molecule has 0 amide bonds. The SMILES string of the molecule is CC1SCCC1NCC(C)(C)C. The highest BCUT2D eigenvalue weighted by Crippen LogP contribution is 2.26. The van der Waals surface area contributed by atoms with Crippen molar-refractivity contribution in [1.29, 1.82) is 0 Å². The molecule has 1 aliphatic heterocycles. The van der Waals surface area contributed by atoms with Crippen LogP contribution >= 0.6 is 11.8 Å². The van der Waals surface area contributed by atoms with Gasteiger partial charge < -0.3 is 5.32 Å². The maximum absolute atomic E-state index is 3.65. The van der Waals surface area contributed by atoms with Crippen molar-refractivity contribution in [3.05, 3.63) is 0 Å². The summed E-state index contributed by atoms with van der Waals surface area (Å²) in [5.74, 6) is 1.34. The van der Waals surface area contributed by atoms with Gasteiger partial charge in [0.05, 0.1) is 0 Å². The van der Waals surface area contributed by atoms with Crippen LogP contribution in [0.1, 0.15) is 34.1 Å². The molecule has 0 aromatic rings. The highest BCUT2D eigenvalue weighted by Gasteiger charge is 2.24. The standard InChI is InChI=1S/C10H21NS/c1-8-9(5-6-12-8)11-7-10(2,3)4/h8-9,11H,5-7H2,1-4H3. The summed E-state index contributed by atoms with van der Waals surface area (Å²) >= 11 is 2.09. The van der Waals surface area contributed by atoms with Crippen LogP contribution in [0.25, 0.3) is 0 Å². The first-order valence-electron chi connectivity index (χ1n) is 4.84. The van der Waals surface area contributed by atoms with E-state index in [9.17, 15) is 0 Å². The molecule has 2 atom stereocenters. The number of hydrogen-bond acceptors (Lipinski definition) is 2. The van der Waals surface area contributed by atoms with Crippen LogP contribution in [0.5, 0.6) is 0 Å². The van der Waals surface area contributed by atoms with Gasteiger partial charge in [-0.25, -0.2) is 0 Å². The monoisotopic (exact) mass is 187 g/mol. The van der Waals surface area contributed by atoms with E-state index in [0.717, 1.165) is 17.8 Å². The Balaban J connectivity index is 2.23. The molecule has 1 saturated heterocycles. The second-order valence-electron chi connectivity index (χ2n) is 4.91. The van der Waals surface area contributed by atoms with Crippen LogP contribution in [0.2, 0.25) is 0 Å². The smallest absolute Gasteiger partial charge is 0.0191 e. The average molecular weight is 187 g/mol. The van der Waals surface area contributed by atoms with E-state index in [-0.39, 0.29) is 0 Å². The lowest BCUT2D eigenvalue weighted by molar-refractivity contribution is 0.349. The lowest BCUT2D eigenvalue weighted by Gasteiger charge is -2.24. The van der Waals surface area contributed by atoms with E-state index >= 15 is 0 Å². The van der Waals surface area contributed by atoms with Gasteiger partial charge in [0.1, 0.15) is 0 Å². The predicted molar refractivity (Wildman–Crippen MR) is 57.8 cm³/mol. The quantitative estimate of drug-likeness (QED) is 0.713. The molecule has 1 aliphatic rings. The van der Waals surface area contributed by atoms with Crippen LogP contribution in [0, 0.1) is 5.41 Å². The van der Waals surface area contributed by atoms with Crippen molar-refractivity contribution in [3.8, 4) is 0 Å². The summed E-state index contributed by atoms with van der Waals surface area (Å²) in [6.45, 7) is 10.3. The summed E-state index contributed by atoms with van der Waals surface area (Å²) in [4.78, 5) is 0. The Morgan fingerprint density at radius 3 is 2.50 bits per heavy atom. The van der Waals surface area contributed by atoms with Gasteiger partial charge in [-0.05, 0) is 17.6 Å². The largest absolute Gasteiger partial charge is 0.312 e. The van der Waals surface area contributed by atoms with E-state index in [4.69, 9.17) is 0 Å². The fraction of sp³-hybridized carbons (Fsp3) is 1.00. The molecule has 0 aromatic carbocycles. The van der Waals surface area contributed by atoms with Crippen LogP contribution in [-0.4, -0.2) is 23.6 Å². The minimum atomic E-state index is 0.424. The molecule has 72 valence electrons. The normalized spacial score (nSPS) is 31.0. The molecule has 0 saturated carbocycles. The molecule has 0 spiro atoms. The second kappa shape index (κ2) is 4.01. The van der Waals surface area contributed by atoms with Crippen LogP contribution in [0.4, 0.5) is 0 Å². The molecular formula is C10H21NS. The maximum atomic E-state index is 3.65. The molecule has 2 unspecified atom stereocenters. The third-order valence-corrected chi connectivity index (χ3v) is 3.60. The summed E-state index contributed by atoms with van der Waals surface area (Å²) < 4.78 is 0. The molecule has 1 nitrogen and oxygen atoms in total. The highest BCUT2D eigenvalue weighted by atomic mass is 32.2. The molecule has 1 N–H and O–H groups in total. The van der Waals surface area contributed by atoms with Crippen molar-refractivity contribution >= 4 is 11.8 Å². The van der Waals surface area contributed by atoms with Gasteiger partial charge >= 0.3 is 0 Å². The van der Waals surface area contributed by atoms with Crippen molar-refractivity contribution in [2.45, 2.75) is 45.4 Å². The number of nitrogens with one attached hydrogen (secondary N) is 1. The third kappa shape index (κ3) is 3.36. The summed E-state index contributed by atoms with van der Waals surface area (Å²) in [5, 5.41) is 4.46. The Labute approximate surface area is 80.7 Å². The van der Waals surface area contributed by atoms with Gasteiger partial charge in [-0.3, -0.25) is 0 Å². The molecule has 12 heavy (non-hydrogen) atoms. The zero-order chi connectivity index (χ0) is 9.19. The van der Waals surface area contributed by atoms with E-state index in [1.807, 2.05) is 0 Å². The van der Waals surface area contributed by atoms with Gasteiger partial charge in [0.15, 0.2) is 0 Å². The van der Waals surface area contributed by atoms with Crippen molar-refractivity contribution < 1.29 is 0 Å². The molecule has 0 bridgehead atoms. The number of rotatable bonds is 2. The predicted octanol–water partition coefficient (Wildman–Crippen LogP) is 2.52. The van der Waals surface area contributed by atoms with Gasteiger partial charge in [-0.1, -0.05) is 27.7 Å². The summed E-state index contributed by atoms with van der Waals surface area (Å²) in [5.41, 5.74) is 0.424. The van der Waals surface area contributed by atoms with Crippen molar-refractivity contribution in [1.82, 2.24) is 5.32 Å². The van der Waals surface area contributed by atoms with Gasteiger partial charge in [-0.15, -0.1) is 0 Å². The van der Waals surface area contributed by atoms with Crippen molar-refractivity contribution in [3.63, 3.8) is 0 Å². The summed E-state index contributed by atoms with van der Waals surface area (Å²) in [6.07, 6.45) is 1.35. The molecule has 0 aromatic heterocycles. The fourth-order valence-corrected chi connectivity index (χ4v) is 2.66. The van der Waals surface area contributed by atoms with Gasteiger partial charge in [0.25, 0.3) is 0 Å². The molecular weight excluding hydrogens is 166 g/mol. The highest BCUT2D eigenvalue weighted by molar-refractivity contribution is 8.00. The van der Waals surface area contributed by atoms with Crippen molar-refractivity contribution in [2.24, 2.45) is 5.41 Å². The van der Waals surface area contributed by atoms with Crippen molar-refractivity contribution in [2.75, 3.05) is 12.3 Å². The maximum Gasteiger partial charge on any atom is 0.0191 e.